The van der Waals surface area contributed by atoms with Gasteiger partial charge in [0.05, 0.1) is 10.3 Å². The SMILES string of the molecule is CC1(C(=O)O)CCN(C(=O)Nc2cc(S(=O)(=O)N3CCCC3)ccn2)C1. The van der Waals surface area contributed by atoms with Crippen LogP contribution in [0.1, 0.15) is 26.2 Å². The van der Waals surface area contributed by atoms with Gasteiger partial charge in [-0.2, -0.15) is 4.31 Å². The number of rotatable bonds is 4. The molecule has 0 spiro atoms. The van der Waals surface area contributed by atoms with Gasteiger partial charge in [0.1, 0.15) is 5.82 Å². The molecule has 2 fully saturated rings. The number of nitrogens with one attached hydrogen (secondary N) is 1. The smallest absolute Gasteiger partial charge is 0.323 e. The highest BCUT2D eigenvalue weighted by atomic mass is 32.2. The van der Waals surface area contributed by atoms with E-state index in [1.165, 1.54) is 27.5 Å². The summed E-state index contributed by atoms with van der Waals surface area (Å²) in [7, 11) is -3.60. The summed E-state index contributed by atoms with van der Waals surface area (Å²) in [6.45, 7) is 3.01. The Morgan fingerprint density at radius 1 is 1.27 bits per heavy atom. The molecule has 10 heteroatoms. The van der Waals surface area contributed by atoms with E-state index in [0.29, 0.717) is 26.1 Å². The molecule has 0 radical (unpaired) electrons. The van der Waals surface area contributed by atoms with Crippen LogP contribution in [0.15, 0.2) is 23.2 Å². The fraction of sp³-hybridized carbons (Fsp3) is 0.562. The molecule has 142 valence electrons. The Bertz CT molecular complexity index is 822. The number of nitrogens with zero attached hydrogens (tertiary/aromatic N) is 3. The quantitative estimate of drug-likeness (QED) is 0.807. The van der Waals surface area contributed by atoms with Gasteiger partial charge >= 0.3 is 12.0 Å². The van der Waals surface area contributed by atoms with Crippen LogP contribution in [0.5, 0.6) is 0 Å². The molecule has 3 rings (SSSR count). The van der Waals surface area contributed by atoms with Gasteiger partial charge in [-0.15, -0.1) is 0 Å². The number of sulfonamides is 1. The fourth-order valence-electron chi connectivity index (χ4n) is 3.22. The Labute approximate surface area is 152 Å². The van der Waals surface area contributed by atoms with Crippen molar-refractivity contribution in [2.45, 2.75) is 31.1 Å². The zero-order chi connectivity index (χ0) is 18.9. The molecule has 9 nitrogen and oxygen atoms in total. The van der Waals surface area contributed by atoms with Crippen LogP contribution in [-0.2, 0) is 14.8 Å². The van der Waals surface area contributed by atoms with Crippen LogP contribution in [0, 0.1) is 5.41 Å². The highest BCUT2D eigenvalue weighted by Gasteiger charge is 2.42. The van der Waals surface area contributed by atoms with Gasteiger partial charge in [-0.25, -0.2) is 18.2 Å². The average molecular weight is 382 g/mol. The first-order chi connectivity index (χ1) is 12.2. The number of likely N-dealkylation sites (tertiary alicyclic amines) is 1. The van der Waals surface area contributed by atoms with E-state index < -0.39 is 27.4 Å². The van der Waals surface area contributed by atoms with E-state index in [9.17, 15) is 23.1 Å². The second kappa shape index (κ2) is 6.84. The van der Waals surface area contributed by atoms with Gasteiger partial charge in [-0.3, -0.25) is 10.1 Å². The summed E-state index contributed by atoms with van der Waals surface area (Å²) in [4.78, 5) is 29.1. The van der Waals surface area contributed by atoms with Gasteiger partial charge in [-0.1, -0.05) is 0 Å². The molecule has 1 atom stereocenters. The molecule has 1 aromatic rings. The van der Waals surface area contributed by atoms with Crippen LogP contribution in [0.3, 0.4) is 0 Å². The summed E-state index contributed by atoms with van der Waals surface area (Å²) in [6, 6.07) is 2.25. The minimum atomic E-state index is -3.60. The number of carbonyl (C=O) groups excluding carboxylic acids is 1. The number of aliphatic carboxylic acids is 1. The van der Waals surface area contributed by atoms with Gasteiger partial charge in [0.2, 0.25) is 10.0 Å². The molecule has 2 saturated heterocycles. The first-order valence-electron chi connectivity index (χ1n) is 8.48. The summed E-state index contributed by atoms with van der Waals surface area (Å²) in [5.74, 6) is -0.816. The van der Waals surface area contributed by atoms with Crippen LogP contribution >= 0.6 is 0 Å². The summed E-state index contributed by atoms with van der Waals surface area (Å²) >= 11 is 0. The minimum Gasteiger partial charge on any atom is -0.481 e. The molecule has 26 heavy (non-hydrogen) atoms. The number of hydrogen-bond donors (Lipinski definition) is 2. The zero-order valence-corrected chi connectivity index (χ0v) is 15.3. The molecule has 2 N–H and O–H groups in total. The van der Waals surface area contributed by atoms with E-state index >= 15 is 0 Å². The third-order valence-electron chi connectivity index (χ3n) is 4.95. The molecule has 2 amide bonds. The second-order valence-electron chi connectivity index (χ2n) is 6.96. The van der Waals surface area contributed by atoms with E-state index in [4.69, 9.17) is 0 Å². The largest absolute Gasteiger partial charge is 0.481 e. The summed E-state index contributed by atoms with van der Waals surface area (Å²) < 4.78 is 26.6. The summed E-state index contributed by atoms with van der Waals surface area (Å²) in [5.41, 5.74) is -0.967. The molecular formula is C16H22N4O5S. The first kappa shape index (κ1) is 18.6. The third-order valence-corrected chi connectivity index (χ3v) is 6.84. The molecule has 0 aromatic carbocycles. The van der Waals surface area contributed by atoms with Gasteiger partial charge in [0.15, 0.2) is 0 Å². The van der Waals surface area contributed by atoms with Crippen molar-refractivity contribution in [1.29, 1.82) is 0 Å². The Balaban J connectivity index is 1.71. The van der Waals surface area contributed by atoms with E-state index in [-0.39, 0.29) is 17.3 Å². The Morgan fingerprint density at radius 3 is 2.58 bits per heavy atom. The van der Waals surface area contributed by atoms with E-state index in [0.717, 1.165) is 12.8 Å². The van der Waals surface area contributed by atoms with Crippen molar-refractivity contribution in [3.05, 3.63) is 18.3 Å². The van der Waals surface area contributed by atoms with Crippen molar-refractivity contribution in [2.75, 3.05) is 31.5 Å². The Kier molecular flexibility index (Phi) is 4.89. The Morgan fingerprint density at radius 2 is 1.96 bits per heavy atom. The first-order valence-corrected chi connectivity index (χ1v) is 9.92. The molecule has 0 aliphatic carbocycles. The lowest BCUT2D eigenvalue weighted by atomic mass is 9.90. The number of carbonyl (C=O) groups is 2. The maximum Gasteiger partial charge on any atom is 0.323 e. The zero-order valence-electron chi connectivity index (χ0n) is 14.5. The number of hydrogen-bond acceptors (Lipinski definition) is 5. The minimum absolute atomic E-state index is 0.0847. The lowest BCUT2D eigenvalue weighted by molar-refractivity contribution is -0.146. The van der Waals surface area contributed by atoms with Gasteiger partial charge in [0, 0.05) is 38.4 Å². The van der Waals surface area contributed by atoms with Crippen LogP contribution < -0.4 is 5.32 Å². The molecule has 0 saturated carbocycles. The molecular weight excluding hydrogens is 360 g/mol. The van der Waals surface area contributed by atoms with Crippen molar-refractivity contribution < 1.29 is 23.1 Å². The van der Waals surface area contributed by atoms with Crippen molar-refractivity contribution >= 4 is 27.8 Å². The van der Waals surface area contributed by atoms with Crippen molar-refractivity contribution in [3.8, 4) is 0 Å². The maximum atomic E-state index is 12.6. The number of aromatic nitrogens is 1. The van der Waals surface area contributed by atoms with Gasteiger partial charge < -0.3 is 10.0 Å². The molecule has 3 heterocycles. The van der Waals surface area contributed by atoms with Crippen LogP contribution in [0.2, 0.25) is 0 Å². The molecule has 2 aliphatic rings. The third kappa shape index (κ3) is 3.51. The van der Waals surface area contributed by atoms with E-state index in [2.05, 4.69) is 10.3 Å². The molecule has 0 bridgehead atoms. The van der Waals surface area contributed by atoms with Crippen LogP contribution in [0.25, 0.3) is 0 Å². The normalized spacial score (nSPS) is 24.0. The van der Waals surface area contributed by atoms with Crippen molar-refractivity contribution in [1.82, 2.24) is 14.2 Å². The Hall–Kier alpha value is -2.20. The highest BCUT2D eigenvalue weighted by Crippen LogP contribution is 2.30. The van der Waals surface area contributed by atoms with Crippen LogP contribution in [0.4, 0.5) is 10.6 Å². The molecule has 2 aliphatic heterocycles. The number of carboxylic acids is 1. The van der Waals surface area contributed by atoms with Crippen molar-refractivity contribution in [2.24, 2.45) is 5.41 Å². The average Bonchev–Trinajstić information content (AvgIpc) is 3.26. The van der Waals surface area contributed by atoms with Gasteiger partial charge in [-0.05, 0) is 32.3 Å². The lowest BCUT2D eigenvalue weighted by Gasteiger charge is -2.20. The molecule has 1 unspecified atom stereocenters. The number of pyridine rings is 1. The second-order valence-corrected chi connectivity index (χ2v) is 8.89. The number of carboxylic acid groups (broad SMARTS) is 1. The maximum absolute atomic E-state index is 12.6. The number of anilines is 1. The van der Waals surface area contributed by atoms with Crippen molar-refractivity contribution in [3.63, 3.8) is 0 Å². The van der Waals surface area contributed by atoms with E-state index in [1.807, 2.05) is 0 Å². The number of amides is 2. The molecule has 1 aromatic heterocycles. The monoisotopic (exact) mass is 382 g/mol. The predicted molar refractivity (Wildman–Crippen MR) is 93.2 cm³/mol. The van der Waals surface area contributed by atoms with Crippen LogP contribution in [-0.4, -0.2) is 65.9 Å². The fourth-order valence-corrected chi connectivity index (χ4v) is 4.75. The topological polar surface area (TPSA) is 120 Å². The summed E-state index contributed by atoms with van der Waals surface area (Å²) in [5, 5.41) is 11.8. The number of urea groups is 1. The summed E-state index contributed by atoms with van der Waals surface area (Å²) in [6.07, 6.45) is 3.38. The predicted octanol–water partition coefficient (Wildman–Crippen LogP) is 1.19. The van der Waals surface area contributed by atoms with Gasteiger partial charge in [0.25, 0.3) is 0 Å². The lowest BCUT2D eigenvalue weighted by Crippen LogP contribution is -2.37. The highest BCUT2D eigenvalue weighted by molar-refractivity contribution is 7.89. The standard InChI is InChI=1S/C16H22N4O5S/c1-16(14(21)22)5-9-19(11-16)15(23)18-13-10-12(4-6-17-13)26(24,25)20-7-2-3-8-20/h4,6,10H,2-3,5,7-9,11H2,1H3,(H,21,22)(H,17,18,23). The van der Waals surface area contributed by atoms with E-state index in [1.54, 1.807) is 6.92 Å².